The van der Waals surface area contributed by atoms with Crippen molar-refractivity contribution < 1.29 is 9.59 Å². The lowest BCUT2D eigenvalue weighted by atomic mass is 9.88. The van der Waals surface area contributed by atoms with Gasteiger partial charge in [-0.25, -0.2) is 0 Å². The van der Waals surface area contributed by atoms with Crippen LogP contribution in [0.15, 0.2) is 54.3 Å². The van der Waals surface area contributed by atoms with Crippen LogP contribution in [0, 0.1) is 5.92 Å². The van der Waals surface area contributed by atoms with Crippen molar-refractivity contribution in [2.75, 3.05) is 5.32 Å². The molecule has 0 radical (unpaired) electrons. The Morgan fingerprint density at radius 3 is 2.50 bits per heavy atom. The molecule has 0 saturated carbocycles. The van der Waals surface area contributed by atoms with E-state index in [4.69, 9.17) is 0 Å². The fraction of sp³-hybridized carbons (Fsp3) is 0.368. The summed E-state index contributed by atoms with van der Waals surface area (Å²) in [6.07, 6.45) is 5.55. The second-order valence-corrected chi connectivity index (χ2v) is 6.13. The van der Waals surface area contributed by atoms with Crippen molar-refractivity contribution in [2.45, 2.75) is 39.0 Å². The molecule has 5 nitrogen and oxygen atoms in total. The predicted octanol–water partition coefficient (Wildman–Crippen LogP) is 3.29. The van der Waals surface area contributed by atoms with E-state index in [1.165, 1.54) is 5.57 Å². The molecule has 24 heavy (non-hydrogen) atoms. The summed E-state index contributed by atoms with van der Waals surface area (Å²) in [4.78, 5) is 23.6. The summed E-state index contributed by atoms with van der Waals surface area (Å²) in [7, 11) is 0. The molecule has 1 aliphatic carbocycles. The number of amides is 2. The highest BCUT2D eigenvalue weighted by atomic mass is 16.2. The van der Waals surface area contributed by atoms with Gasteiger partial charge in [-0.3, -0.25) is 15.0 Å². The maximum absolute atomic E-state index is 11.8. The molecule has 0 fully saturated rings. The zero-order chi connectivity index (χ0) is 17.4. The molecule has 1 aromatic rings. The van der Waals surface area contributed by atoms with Gasteiger partial charge in [0.25, 0.3) is 0 Å². The van der Waals surface area contributed by atoms with Gasteiger partial charge in [0.05, 0.1) is 0 Å². The standard InChI is InChI=1S/C19H25N3O2/c1-14-8-10-16(11-9-14)15(2)21-22-19(24)13-12-18(23)20-17-6-4-3-5-7-17/h3-8,16,21H,2,9-13H2,1H3,(H,20,23)(H,22,24)/t16-/m0/s1. The minimum absolute atomic E-state index is 0.128. The topological polar surface area (TPSA) is 70.2 Å². The van der Waals surface area contributed by atoms with Crippen LogP contribution in [0.4, 0.5) is 5.69 Å². The van der Waals surface area contributed by atoms with Crippen molar-refractivity contribution in [3.05, 3.63) is 54.3 Å². The SMILES string of the molecule is C=C(NNC(=O)CCC(=O)Nc1ccccc1)[C@H]1CC=C(C)CC1. The summed E-state index contributed by atoms with van der Waals surface area (Å²) in [6, 6.07) is 9.19. The monoisotopic (exact) mass is 327 g/mol. The van der Waals surface area contributed by atoms with Crippen LogP contribution < -0.4 is 16.2 Å². The molecule has 1 aliphatic rings. The molecule has 0 heterocycles. The van der Waals surface area contributed by atoms with Gasteiger partial charge in [0.2, 0.25) is 11.8 Å². The van der Waals surface area contributed by atoms with Crippen molar-refractivity contribution in [1.29, 1.82) is 0 Å². The molecule has 3 N–H and O–H groups in total. The molecular weight excluding hydrogens is 302 g/mol. The summed E-state index contributed by atoms with van der Waals surface area (Å²) in [5.74, 6) is -0.0552. The molecule has 2 amide bonds. The summed E-state index contributed by atoms with van der Waals surface area (Å²) < 4.78 is 0. The Morgan fingerprint density at radius 1 is 1.12 bits per heavy atom. The number of hydrogen-bond donors (Lipinski definition) is 3. The summed E-state index contributed by atoms with van der Waals surface area (Å²) in [5.41, 5.74) is 8.47. The van der Waals surface area contributed by atoms with Crippen LogP contribution in [0.2, 0.25) is 0 Å². The Hall–Kier alpha value is -2.56. The molecule has 0 aromatic heterocycles. The fourth-order valence-electron chi connectivity index (χ4n) is 2.57. The van der Waals surface area contributed by atoms with Crippen LogP contribution in [-0.4, -0.2) is 11.8 Å². The van der Waals surface area contributed by atoms with Crippen LogP contribution in [0.5, 0.6) is 0 Å². The highest BCUT2D eigenvalue weighted by Crippen LogP contribution is 2.26. The number of allylic oxidation sites excluding steroid dienone is 3. The number of carbonyl (C=O) groups excluding carboxylic acids is 2. The Labute approximate surface area is 143 Å². The number of para-hydroxylation sites is 1. The normalized spacial score (nSPS) is 16.7. The maximum atomic E-state index is 11.8. The largest absolute Gasteiger partial charge is 0.326 e. The van der Waals surface area contributed by atoms with Crippen LogP contribution in [-0.2, 0) is 9.59 Å². The quantitative estimate of drug-likeness (QED) is 0.532. The molecule has 0 bridgehead atoms. The van der Waals surface area contributed by atoms with E-state index >= 15 is 0 Å². The lowest BCUT2D eigenvalue weighted by molar-refractivity contribution is -0.125. The number of nitrogens with one attached hydrogen (secondary N) is 3. The van der Waals surface area contributed by atoms with Crippen LogP contribution in [0.1, 0.15) is 39.0 Å². The first-order valence-corrected chi connectivity index (χ1v) is 8.29. The highest BCUT2D eigenvalue weighted by Gasteiger charge is 2.16. The molecule has 5 heteroatoms. The second-order valence-electron chi connectivity index (χ2n) is 6.13. The van der Waals surface area contributed by atoms with Crippen LogP contribution in [0.25, 0.3) is 0 Å². The minimum atomic E-state index is -0.220. The molecule has 1 atom stereocenters. The third-order valence-electron chi connectivity index (χ3n) is 4.13. The summed E-state index contributed by atoms with van der Waals surface area (Å²) >= 11 is 0. The first-order valence-electron chi connectivity index (χ1n) is 8.29. The van der Waals surface area contributed by atoms with Crippen LogP contribution >= 0.6 is 0 Å². The molecule has 0 saturated heterocycles. The number of hydrazine groups is 1. The summed E-state index contributed by atoms with van der Waals surface area (Å²) in [5, 5.41) is 2.75. The molecule has 1 aromatic carbocycles. The van der Waals surface area contributed by atoms with Crippen molar-refractivity contribution >= 4 is 17.5 Å². The molecule has 0 aliphatic heterocycles. The maximum Gasteiger partial charge on any atom is 0.238 e. The van der Waals surface area contributed by atoms with Crippen molar-refractivity contribution in [3.63, 3.8) is 0 Å². The van der Waals surface area contributed by atoms with E-state index in [0.29, 0.717) is 5.92 Å². The number of anilines is 1. The van der Waals surface area contributed by atoms with E-state index in [1.54, 1.807) is 0 Å². The van der Waals surface area contributed by atoms with Crippen LogP contribution in [0.3, 0.4) is 0 Å². The van der Waals surface area contributed by atoms with Gasteiger partial charge in [-0.05, 0) is 38.3 Å². The first-order chi connectivity index (χ1) is 11.5. The Balaban J connectivity index is 1.64. The number of hydrogen-bond acceptors (Lipinski definition) is 3. The smallest absolute Gasteiger partial charge is 0.238 e. The Morgan fingerprint density at radius 2 is 1.83 bits per heavy atom. The van der Waals surface area contributed by atoms with E-state index in [9.17, 15) is 9.59 Å². The minimum Gasteiger partial charge on any atom is -0.326 e. The van der Waals surface area contributed by atoms with Crippen molar-refractivity contribution in [1.82, 2.24) is 10.9 Å². The average molecular weight is 327 g/mol. The Kier molecular flexibility index (Phi) is 6.61. The molecule has 128 valence electrons. The van der Waals surface area contributed by atoms with Gasteiger partial charge in [-0.1, -0.05) is 36.4 Å². The van der Waals surface area contributed by atoms with E-state index in [1.807, 2.05) is 30.3 Å². The van der Waals surface area contributed by atoms with Gasteiger partial charge in [0.15, 0.2) is 0 Å². The molecular formula is C19H25N3O2. The van der Waals surface area contributed by atoms with E-state index in [0.717, 1.165) is 30.6 Å². The van der Waals surface area contributed by atoms with Crippen molar-refractivity contribution in [3.8, 4) is 0 Å². The van der Waals surface area contributed by atoms with Gasteiger partial charge in [0.1, 0.15) is 0 Å². The zero-order valence-corrected chi connectivity index (χ0v) is 14.1. The molecule has 0 spiro atoms. The van der Waals surface area contributed by atoms with E-state index < -0.39 is 0 Å². The van der Waals surface area contributed by atoms with Gasteiger partial charge in [-0.2, -0.15) is 0 Å². The van der Waals surface area contributed by atoms with E-state index in [2.05, 4.69) is 35.7 Å². The van der Waals surface area contributed by atoms with Crippen molar-refractivity contribution in [2.24, 2.45) is 5.92 Å². The van der Waals surface area contributed by atoms with Gasteiger partial charge in [0, 0.05) is 30.1 Å². The predicted molar refractivity (Wildman–Crippen MR) is 95.8 cm³/mol. The fourth-order valence-corrected chi connectivity index (χ4v) is 2.57. The van der Waals surface area contributed by atoms with Gasteiger partial charge < -0.3 is 10.7 Å². The zero-order valence-electron chi connectivity index (χ0n) is 14.1. The second kappa shape index (κ2) is 8.91. The highest BCUT2D eigenvalue weighted by molar-refractivity contribution is 5.93. The van der Waals surface area contributed by atoms with Gasteiger partial charge in [-0.15, -0.1) is 0 Å². The first kappa shape index (κ1) is 17.8. The lowest BCUT2D eigenvalue weighted by Crippen LogP contribution is -2.38. The van der Waals surface area contributed by atoms with E-state index in [-0.39, 0.29) is 24.7 Å². The summed E-state index contributed by atoms with van der Waals surface area (Å²) in [6.45, 7) is 6.13. The lowest BCUT2D eigenvalue weighted by Gasteiger charge is -2.23. The molecule has 2 rings (SSSR count). The number of carbonyl (C=O) groups is 2. The number of benzene rings is 1. The third-order valence-corrected chi connectivity index (χ3v) is 4.13. The number of rotatable bonds is 7. The molecule has 0 unspecified atom stereocenters. The average Bonchev–Trinajstić information content (AvgIpc) is 2.59. The third kappa shape index (κ3) is 5.91. The van der Waals surface area contributed by atoms with Gasteiger partial charge >= 0.3 is 0 Å². The Bertz CT molecular complexity index is 623.